The number of β-lactam (4-membered cyclic amide) rings is 1. The highest BCUT2D eigenvalue weighted by Crippen LogP contribution is 2.49. The van der Waals surface area contributed by atoms with E-state index in [1.54, 1.807) is 6.92 Å². The van der Waals surface area contributed by atoms with Crippen LogP contribution in [-0.4, -0.2) is 46.7 Å². The summed E-state index contributed by atoms with van der Waals surface area (Å²) in [7, 11) is 0. The van der Waals surface area contributed by atoms with Crippen LogP contribution in [0, 0.1) is 11.8 Å². The second kappa shape index (κ2) is 6.48. The number of hydrogen-bond acceptors (Lipinski definition) is 5. The first kappa shape index (κ1) is 17.2. The molecule has 3 aliphatic heterocycles. The minimum atomic E-state index is -1.34. The fourth-order valence-electron chi connectivity index (χ4n) is 4.58. The van der Waals surface area contributed by atoms with Crippen molar-refractivity contribution in [3.63, 3.8) is 0 Å². The summed E-state index contributed by atoms with van der Waals surface area (Å²) in [5, 5.41) is 21.7. The third kappa shape index (κ3) is 2.54. The van der Waals surface area contributed by atoms with Crippen molar-refractivity contribution in [1.82, 2.24) is 4.90 Å². The third-order valence-electron chi connectivity index (χ3n) is 5.75. The molecule has 3 aliphatic rings. The number of carboxylic acids is 1. The van der Waals surface area contributed by atoms with E-state index in [0.29, 0.717) is 18.6 Å². The van der Waals surface area contributed by atoms with Gasteiger partial charge in [0.1, 0.15) is 12.6 Å². The number of aromatic nitrogens is 1. The topological polar surface area (TPSA) is 93.8 Å². The van der Waals surface area contributed by atoms with Gasteiger partial charge >= 0.3 is 0 Å². The quantitative estimate of drug-likeness (QED) is 0.538. The molecule has 7 heteroatoms. The molecule has 7 nitrogen and oxygen atoms in total. The van der Waals surface area contributed by atoms with E-state index in [2.05, 4.69) is 4.57 Å². The minimum absolute atomic E-state index is 0.0161. The number of carboxylic acid groups (broad SMARTS) is 1. The Kier molecular flexibility index (Phi) is 4.28. The first-order valence-electron chi connectivity index (χ1n) is 9.03. The van der Waals surface area contributed by atoms with Gasteiger partial charge in [0.15, 0.2) is 12.4 Å². The molecule has 0 unspecified atom stereocenters. The van der Waals surface area contributed by atoms with Crippen LogP contribution >= 0.6 is 0 Å². The molecule has 2 saturated heterocycles. The number of ether oxygens (including phenoxy) is 1. The van der Waals surface area contributed by atoms with E-state index in [4.69, 9.17) is 4.74 Å². The van der Waals surface area contributed by atoms with E-state index >= 15 is 0 Å². The Morgan fingerprint density at radius 2 is 2.15 bits per heavy atom. The van der Waals surface area contributed by atoms with Gasteiger partial charge in [-0.25, -0.2) is 4.57 Å². The van der Waals surface area contributed by atoms with Crippen molar-refractivity contribution >= 4 is 11.9 Å². The number of aryl methyl sites for hydroxylation is 1. The highest BCUT2D eigenvalue weighted by atomic mass is 16.5. The average Bonchev–Trinajstić information content (AvgIpc) is 2.92. The van der Waals surface area contributed by atoms with Gasteiger partial charge in [0.25, 0.3) is 0 Å². The smallest absolute Gasteiger partial charge is 0.235 e. The van der Waals surface area contributed by atoms with Gasteiger partial charge in [0, 0.05) is 25.2 Å². The minimum Gasteiger partial charge on any atom is -0.543 e. The lowest BCUT2D eigenvalue weighted by atomic mass is 9.78. The summed E-state index contributed by atoms with van der Waals surface area (Å²) in [6.45, 7) is 2.83. The monoisotopic (exact) mass is 358 g/mol. The number of aliphatic carboxylic acids is 1. The van der Waals surface area contributed by atoms with Crippen molar-refractivity contribution < 1.29 is 29.1 Å². The van der Waals surface area contributed by atoms with Gasteiger partial charge in [-0.05, 0) is 24.8 Å². The molecule has 4 heterocycles. The van der Waals surface area contributed by atoms with Gasteiger partial charge in [-0.2, -0.15) is 0 Å². The molecule has 0 aromatic carbocycles. The molecular formula is C19H22N2O5. The number of carbonyl (C=O) groups is 2. The van der Waals surface area contributed by atoms with Crippen molar-refractivity contribution in [3.8, 4) is 0 Å². The number of rotatable bonds is 5. The van der Waals surface area contributed by atoms with Crippen LogP contribution in [0.4, 0.5) is 0 Å². The zero-order valence-corrected chi connectivity index (χ0v) is 14.6. The Bertz CT molecular complexity index is 760. The zero-order chi connectivity index (χ0) is 18.4. The summed E-state index contributed by atoms with van der Waals surface area (Å²) in [6.07, 6.45) is 4.12. The SMILES string of the molecule is C[C@@H](O)[C@H]1C(=O)N2C(C(=O)[O-])=C3[C@@H](CC[n+]4ccccc4)CCO[C@@H]3[C@H]12. The third-order valence-corrected chi connectivity index (χ3v) is 5.75. The van der Waals surface area contributed by atoms with E-state index in [1.807, 2.05) is 30.6 Å². The maximum absolute atomic E-state index is 12.4. The molecule has 0 radical (unpaired) electrons. The van der Waals surface area contributed by atoms with E-state index in [0.717, 1.165) is 13.0 Å². The first-order chi connectivity index (χ1) is 12.5. The first-order valence-corrected chi connectivity index (χ1v) is 9.03. The fourth-order valence-corrected chi connectivity index (χ4v) is 4.58. The Hall–Kier alpha value is -2.25. The number of aliphatic hydroxyl groups is 1. The second-order valence-electron chi connectivity index (χ2n) is 7.24. The van der Waals surface area contributed by atoms with Crippen LogP contribution in [0.25, 0.3) is 0 Å². The van der Waals surface area contributed by atoms with Crippen LogP contribution in [0.2, 0.25) is 0 Å². The maximum atomic E-state index is 12.4. The molecule has 1 amide bonds. The van der Waals surface area contributed by atoms with Crippen molar-refractivity contribution in [1.29, 1.82) is 0 Å². The molecule has 0 aliphatic carbocycles. The number of nitrogens with zero attached hydrogens (tertiary/aromatic N) is 2. The molecule has 0 spiro atoms. The highest BCUT2D eigenvalue weighted by Gasteiger charge is 2.62. The number of fused-ring (bicyclic) bond motifs is 3. The molecule has 0 saturated carbocycles. The lowest BCUT2D eigenvalue weighted by Crippen LogP contribution is -2.66. The van der Waals surface area contributed by atoms with Crippen LogP contribution in [-0.2, 0) is 20.9 Å². The summed E-state index contributed by atoms with van der Waals surface area (Å²) in [5.74, 6) is -2.30. The molecule has 26 heavy (non-hydrogen) atoms. The van der Waals surface area contributed by atoms with Gasteiger partial charge in [0.2, 0.25) is 5.91 Å². The Labute approximate surface area is 151 Å². The van der Waals surface area contributed by atoms with Crippen LogP contribution in [0.5, 0.6) is 0 Å². The molecule has 0 bridgehead atoms. The lowest BCUT2D eigenvalue weighted by Gasteiger charge is -2.47. The molecule has 5 atom stereocenters. The van der Waals surface area contributed by atoms with Gasteiger partial charge in [-0.1, -0.05) is 6.07 Å². The number of aliphatic hydroxyl groups excluding tert-OH is 1. The summed E-state index contributed by atoms with van der Waals surface area (Å²) in [4.78, 5) is 25.5. The molecule has 2 fully saturated rings. The van der Waals surface area contributed by atoms with Gasteiger partial charge in [-0.3, -0.25) is 4.79 Å². The Morgan fingerprint density at radius 1 is 1.42 bits per heavy atom. The molecule has 1 aromatic heterocycles. The van der Waals surface area contributed by atoms with Crippen molar-refractivity contribution in [2.45, 2.75) is 44.6 Å². The van der Waals surface area contributed by atoms with Gasteiger partial charge < -0.3 is 24.6 Å². The molecule has 138 valence electrons. The molecule has 1 aromatic rings. The summed E-state index contributed by atoms with van der Waals surface area (Å²) >= 11 is 0. The van der Waals surface area contributed by atoms with Gasteiger partial charge in [0.05, 0.1) is 29.7 Å². The predicted molar refractivity (Wildman–Crippen MR) is 86.9 cm³/mol. The van der Waals surface area contributed by atoms with Crippen molar-refractivity contribution in [2.75, 3.05) is 6.61 Å². The Balaban J connectivity index is 1.62. The maximum Gasteiger partial charge on any atom is 0.235 e. The number of carbonyl (C=O) groups excluding carboxylic acids is 2. The largest absolute Gasteiger partial charge is 0.543 e. The normalized spacial score (nSPS) is 31.3. The van der Waals surface area contributed by atoms with Crippen LogP contribution in [0.3, 0.4) is 0 Å². The molecular weight excluding hydrogens is 336 g/mol. The summed E-state index contributed by atoms with van der Waals surface area (Å²) in [6, 6.07) is 5.41. The standard InChI is InChI=1S/C19H22N2O5/c1-11(22)13-15-17-14(16(19(24)25)21(15)18(13)23)12(6-10-26-17)5-9-20-7-3-2-4-8-20/h2-4,7-8,11-13,15,17,22H,5-6,9-10H2,1H3/t11-,12+,13-,15+,17+/m1/s1. The Morgan fingerprint density at radius 3 is 2.81 bits per heavy atom. The molecule has 4 rings (SSSR count). The summed E-state index contributed by atoms with van der Waals surface area (Å²) in [5.41, 5.74) is 0.624. The number of hydrogen-bond donors (Lipinski definition) is 1. The number of amides is 1. The summed E-state index contributed by atoms with van der Waals surface area (Å²) < 4.78 is 7.92. The lowest BCUT2D eigenvalue weighted by molar-refractivity contribution is -0.698. The second-order valence-corrected chi connectivity index (χ2v) is 7.24. The predicted octanol–water partition coefficient (Wildman–Crippen LogP) is -1.01. The van der Waals surface area contributed by atoms with Crippen LogP contribution in [0.1, 0.15) is 19.8 Å². The molecule has 1 N–H and O–H groups in total. The fraction of sp³-hybridized carbons (Fsp3) is 0.526. The van der Waals surface area contributed by atoms with Gasteiger partial charge in [-0.15, -0.1) is 0 Å². The van der Waals surface area contributed by atoms with E-state index in [1.165, 1.54) is 4.90 Å². The van der Waals surface area contributed by atoms with Crippen LogP contribution < -0.4 is 9.67 Å². The van der Waals surface area contributed by atoms with Crippen LogP contribution in [0.15, 0.2) is 41.9 Å². The van der Waals surface area contributed by atoms with E-state index < -0.39 is 30.1 Å². The average molecular weight is 358 g/mol. The van der Waals surface area contributed by atoms with E-state index in [9.17, 15) is 19.8 Å². The zero-order valence-electron chi connectivity index (χ0n) is 14.6. The van der Waals surface area contributed by atoms with Crippen molar-refractivity contribution in [3.05, 3.63) is 41.9 Å². The number of pyridine rings is 1. The van der Waals surface area contributed by atoms with E-state index in [-0.39, 0.29) is 17.5 Å². The highest BCUT2D eigenvalue weighted by molar-refractivity contribution is 5.99. The van der Waals surface area contributed by atoms with Crippen molar-refractivity contribution in [2.24, 2.45) is 11.8 Å².